The molecule has 3 rings (SSSR count). The van der Waals surface area contributed by atoms with Gasteiger partial charge in [-0.2, -0.15) is 0 Å². The van der Waals surface area contributed by atoms with E-state index in [0.29, 0.717) is 18.5 Å². The van der Waals surface area contributed by atoms with Crippen LogP contribution in [0, 0.1) is 0 Å². The number of rotatable bonds is 4. The van der Waals surface area contributed by atoms with Crippen molar-refractivity contribution in [3.05, 3.63) is 29.8 Å². The molecule has 1 aromatic carbocycles. The third-order valence-corrected chi connectivity index (χ3v) is 4.88. The lowest BCUT2D eigenvalue weighted by Gasteiger charge is -2.32. The van der Waals surface area contributed by atoms with Crippen LogP contribution in [0.1, 0.15) is 37.7 Å². The summed E-state index contributed by atoms with van der Waals surface area (Å²) >= 11 is 0. The molecular formula is C17H27Cl2N3O. The first-order valence-electron chi connectivity index (χ1n) is 8.11. The van der Waals surface area contributed by atoms with Crippen molar-refractivity contribution in [2.45, 2.75) is 50.6 Å². The van der Waals surface area contributed by atoms with Gasteiger partial charge < -0.3 is 11.1 Å². The fourth-order valence-corrected chi connectivity index (χ4v) is 3.70. The van der Waals surface area contributed by atoms with Gasteiger partial charge >= 0.3 is 0 Å². The summed E-state index contributed by atoms with van der Waals surface area (Å²) in [7, 11) is 0. The van der Waals surface area contributed by atoms with Gasteiger partial charge in [0.2, 0.25) is 5.91 Å². The van der Waals surface area contributed by atoms with Gasteiger partial charge in [-0.3, -0.25) is 9.69 Å². The number of para-hydroxylation sites is 1. The van der Waals surface area contributed by atoms with E-state index in [-0.39, 0.29) is 30.7 Å². The molecule has 0 aromatic heterocycles. The van der Waals surface area contributed by atoms with E-state index in [9.17, 15) is 4.79 Å². The number of amides is 1. The Balaban J connectivity index is 0.00000132. The van der Waals surface area contributed by atoms with Crippen LogP contribution in [-0.2, 0) is 11.2 Å². The Bertz CT molecular complexity index is 512. The lowest BCUT2D eigenvalue weighted by atomic mass is 9.99. The summed E-state index contributed by atoms with van der Waals surface area (Å²) in [6.45, 7) is 2.35. The lowest BCUT2D eigenvalue weighted by Crippen LogP contribution is -2.46. The number of aryl methyl sites for hydroxylation is 1. The topological polar surface area (TPSA) is 58.4 Å². The Morgan fingerprint density at radius 1 is 1.17 bits per heavy atom. The van der Waals surface area contributed by atoms with E-state index < -0.39 is 0 Å². The predicted molar refractivity (Wildman–Crippen MR) is 99.4 cm³/mol. The van der Waals surface area contributed by atoms with Crippen LogP contribution >= 0.6 is 24.8 Å². The third kappa shape index (κ3) is 5.00. The summed E-state index contributed by atoms with van der Waals surface area (Å²) < 4.78 is 0. The quantitative estimate of drug-likeness (QED) is 0.812. The van der Waals surface area contributed by atoms with Gasteiger partial charge in [-0.15, -0.1) is 24.8 Å². The number of benzene rings is 1. The summed E-state index contributed by atoms with van der Waals surface area (Å²) in [6.07, 6.45) is 6.19. The second-order valence-corrected chi connectivity index (χ2v) is 6.26. The molecule has 23 heavy (non-hydrogen) atoms. The van der Waals surface area contributed by atoms with Crippen molar-refractivity contribution >= 4 is 36.4 Å². The van der Waals surface area contributed by atoms with E-state index in [0.717, 1.165) is 30.6 Å². The molecule has 0 radical (unpaired) electrons. The molecule has 2 aliphatic rings. The zero-order valence-electron chi connectivity index (χ0n) is 13.4. The van der Waals surface area contributed by atoms with Crippen molar-refractivity contribution in [1.29, 1.82) is 0 Å². The number of nitrogens with zero attached hydrogens (tertiary/aromatic N) is 1. The lowest BCUT2D eigenvalue weighted by molar-refractivity contribution is -0.122. The average Bonchev–Trinajstić information content (AvgIpc) is 2.90. The van der Waals surface area contributed by atoms with Crippen LogP contribution in [0.2, 0.25) is 0 Å². The van der Waals surface area contributed by atoms with E-state index in [1.54, 1.807) is 0 Å². The van der Waals surface area contributed by atoms with Crippen LogP contribution in [0.15, 0.2) is 24.3 Å². The fraction of sp³-hybridized carbons (Fsp3) is 0.588. The van der Waals surface area contributed by atoms with Crippen molar-refractivity contribution in [2.24, 2.45) is 0 Å². The van der Waals surface area contributed by atoms with E-state index >= 15 is 0 Å². The van der Waals surface area contributed by atoms with Gasteiger partial charge in [-0.25, -0.2) is 0 Å². The van der Waals surface area contributed by atoms with Gasteiger partial charge in [-0.1, -0.05) is 24.6 Å². The van der Waals surface area contributed by atoms with Crippen molar-refractivity contribution in [1.82, 2.24) is 10.2 Å². The van der Waals surface area contributed by atoms with Crippen LogP contribution in [0.5, 0.6) is 0 Å². The predicted octanol–water partition coefficient (Wildman–Crippen LogP) is 2.79. The Morgan fingerprint density at radius 3 is 2.74 bits per heavy atom. The Morgan fingerprint density at radius 2 is 1.96 bits per heavy atom. The maximum absolute atomic E-state index is 12.2. The number of hydrogen-bond donors (Lipinski definition) is 2. The monoisotopic (exact) mass is 359 g/mol. The minimum atomic E-state index is 0. The molecule has 6 heteroatoms. The second-order valence-electron chi connectivity index (χ2n) is 6.26. The minimum absolute atomic E-state index is 0. The molecule has 0 spiro atoms. The molecule has 4 nitrogen and oxygen atoms in total. The molecule has 0 bridgehead atoms. The molecule has 2 unspecified atom stereocenters. The van der Waals surface area contributed by atoms with Gasteiger partial charge in [0.15, 0.2) is 0 Å². The number of fused-ring (bicyclic) bond motifs is 1. The molecule has 2 heterocycles. The third-order valence-electron chi connectivity index (χ3n) is 4.88. The smallest absolute Gasteiger partial charge is 0.220 e. The van der Waals surface area contributed by atoms with Crippen LogP contribution in [0.4, 0.5) is 5.69 Å². The highest BCUT2D eigenvalue weighted by molar-refractivity contribution is 5.85. The Hall–Kier alpha value is -0.970. The molecule has 0 aliphatic carbocycles. The Labute approximate surface area is 151 Å². The largest absolute Gasteiger partial charge is 0.399 e. The summed E-state index contributed by atoms with van der Waals surface area (Å²) in [5.41, 5.74) is 7.77. The molecule has 0 saturated carbocycles. The van der Waals surface area contributed by atoms with Crippen LogP contribution in [0.25, 0.3) is 0 Å². The maximum atomic E-state index is 12.2. The number of carbonyl (C=O) groups is 1. The van der Waals surface area contributed by atoms with Gasteiger partial charge in [0.1, 0.15) is 0 Å². The molecule has 2 fully saturated rings. The minimum Gasteiger partial charge on any atom is -0.399 e. The van der Waals surface area contributed by atoms with E-state index in [1.165, 1.54) is 25.8 Å². The molecule has 2 atom stereocenters. The zero-order valence-corrected chi connectivity index (χ0v) is 15.0. The number of hydrogen-bond acceptors (Lipinski definition) is 3. The summed E-state index contributed by atoms with van der Waals surface area (Å²) in [6, 6.07) is 8.72. The molecule has 3 N–H and O–H groups in total. The normalized spacial score (nSPS) is 23.3. The van der Waals surface area contributed by atoms with Crippen molar-refractivity contribution < 1.29 is 4.79 Å². The van der Waals surface area contributed by atoms with Crippen molar-refractivity contribution in [2.75, 3.05) is 18.8 Å². The van der Waals surface area contributed by atoms with Gasteiger partial charge in [0, 0.05) is 30.7 Å². The summed E-state index contributed by atoms with van der Waals surface area (Å²) in [5, 5.41) is 3.25. The van der Waals surface area contributed by atoms with Gasteiger partial charge in [0.05, 0.1) is 0 Å². The standard InChI is InChI=1S/C17H25N3O.2ClH/c18-14-6-2-1-5-13(14)8-9-17(21)19-15-10-12-20-11-4-3-7-16(15)20;;/h1-2,5-6,15-16H,3-4,7-12,18H2,(H,19,21);2*1H. The van der Waals surface area contributed by atoms with E-state index in [4.69, 9.17) is 5.73 Å². The number of anilines is 1. The molecule has 1 aromatic rings. The first-order chi connectivity index (χ1) is 10.2. The molecule has 130 valence electrons. The zero-order chi connectivity index (χ0) is 14.7. The molecule has 2 saturated heterocycles. The van der Waals surface area contributed by atoms with Crippen LogP contribution in [0.3, 0.4) is 0 Å². The maximum Gasteiger partial charge on any atom is 0.220 e. The van der Waals surface area contributed by atoms with E-state index in [1.807, 2.05) is 24.3 Å². The van der Waals surface area contributed by atoms with Gasteiger partial charge in [0.25, 0.3) is 0 Å². The number of nitrogens with one attached hydrogen (secondary N) is 1. The molecule has 2 aliphatic heterocycles. The summed E-state index contributed by atoms with van der Waals surface area (Å²) in [5.74, 6) is 0.163. The first kappa shape index (κ1) is 20.1. The average molecular weight is 360 g/mol. The second kappa shape index (κ2) is 9.36. The number of halogens is 2. The SMILES string of the molecule is Cl.Cl.Nc1ccccc1CCC(=O)NC1CCN2CCCCC12. The van der Waals surface area contributed by atoms with E-state index in [2.05, 4.69) is 10.2 Å². The Kier molecular flexibility index (Phi) is 8.17. The summed E-state index contributed by atoms with van der Waals surface area (Å²) in [4.78, 5) is 14.7. The van der Waals surface area contributed by atoms with Crippen molar-refractivity contribution in [3.8, 4) is 0 Å². The first-order valence-corrected chi connectivity index (χ1v) is 8.11. The number of carbonyl (C=O) groups excluding carboxylic acids is 1. The van der Waals surface area contributed by atoms with Crippen molar-refractivity contribution in [3.63, 3.8) is 0 Å². The fourth-order valence-electron chi connectivity index (χ4n) is 3.70. The molecule has 1 amide bonds. The highest BCUT2D eigenvalue weighted by Crippen LogP contribution is 2.27. The van der Waals surface area contributed by atoms with Crippen LogP contribution < -0.4 is 11.1 Å². The highest BCUT2D eigenvalue weighted by Gasteiger charge is 2.35. The molecular weight excluding hydrogens is 333 g/mol. The number of nitrogen functional groups attached to an aromatic ring is 1. The number of nitrogens with two attached hydrogens (primary N) is 1. The highest BCUT2D eigenvalue weighted by atomic mass is 35.5. The van der Waals surface area contributed by atoms with Crippen LogP contribution in [-0.4, -0.2) is 36.0 Å². The number of piperidine rings is 1. The van der Waals surface area contributed by atoms with Gasteiger partial charge in [-0.05, 0) is 43.9 Å².